The number of pyridine rings is 1. The standard InChI is InChI=1S/C14H14N4S/c1-9-16-7-12(19-9)8-17-14-5-2-10-6-11(15)3-4-13(10)18-14/h2-7H,8,15H2,1H3,(H,17,18). The van der Waals surface area contributed by atoms with E-state index < -0.39 is 0 Å². The molecule has 0 radical (unpaired) electrons. The van der Waals surface area contributed by atoms with Crippen molar-refractivity contribution >= 4 is 33.7 Å². The largest absolute Gasteiger partial charge is 0.399 e. The second kappa shape index (κ2) is 4.85. The fourth-order valence-corrected chi connectivity index (χ4v) is 2.64. The number of hydrogen-bond donors (Lipinski definition) is 2. The second-order valence-electron chi connectivity index (χ2n) is 4.35. The highest BCUT2D eigenvalue weighted by atomic mass is 32.1. The molecule has 19 heavy (non-hydrogen) atoms. The zero-order valence-electron chi connectivity index (χ0n) is 10.6. The number of thiazole rings is 1. The Morgan fingerprint density at radius 1 is 1.26 bits per heavy atom. The number of fused-ring (bicyclic) bond motifs is 1. The van der Waals surface area contributed by atoms with Crippen molar-refractivity contribution in [2.45, 2.75) is 13.5 Å². The quantitative estimate of drug-likeness (QED) is 0.717. The van der Waals surface area contributed by atoms with E-state index in [2.05, 4.69) is 15.3 Å². The highest BCUT2D eigenvalue weighted by molar-refractivity contribution is 7.11. The maximum Gasteiger partial charge on any atom is 0.126 e. The SMILES string of the molecule is Cc1ncc(CNc2ccc3cc(N)ccc3n2)s1. The minimum Gasteiger partial charge on any atom is -0.399 e. The number of nitrogen functional groups attached to an aromatic ring is 1. The van der Waals surface area contributed by atoms with Crippen molar-refractivity contribution in [3.05, 3.63) is 46.4 Å². The van der Waals surface area contributed by atoms with E-state index in [9.17, 15) is 0 Å². The highest BCUT2D eigenvalue weighted by Crippen LogP contribution is 2.19. The molecule has 0 bridgehead atoms. The first-order chi connectivity index (χ1) is 9.20. The van der Waals surface area contributed by atoms with Gasteiger partial charge < -0.3 is 11.1 Å². The van der Waals surface area contributed by atoms with Crippen molar-refractivity contribution in [2.24, 2.45) is 0 Å². The van der Waals surface area contributed by atoms with Gasteiger partial charge in [0, 0.05) is 22.1 Å². The lowest BCUT2D eigenvalue weighted by atomic mass is 10.2. The van der Waals surface area contributed by atoms with Crippen LogP contribution in [0.1, 0.15) is 9.88 Å². The van der Waals surface area contributed by atoms with Crippen LogP contribution in [0, 0.1) is 6.92 Å². The van der Waals surface area contributed by atoms with Crippen LogP contribution in [-0.2, 0) is 6.54 Å². The van der Waals surface area contributed by atoms with Crippen LogP contribution in [0.2, 0.25) is 0 Å². The van der Waals surface area contributed by atoms with Gasteiger partial charge in [-0.25, -0.2) is 9.97 Å². The van der Waals surface area contributed by atoms with Crippen LogP contribution in [0.4, 0.5) is 11.5 Å². The fraction of sp³-hybridized carbons (Fsp3) is 0.143. The molecule has 3 aromatic rings. The van der Waals surface area contributed by atoms with Gasteiger partial charge in [-0.05, 0) is 37.3 Å². The molecule has 1 aromatic carbocycles. The number of aromatic nitrogens is 2. The number of aryl methyl sites for hydroxylation is 1. The topological polar surface area (TPSA) is 63.8 Å². The van der Waals surface area contributed by atoms with Gasteiger partial charge in [-0.15, -0.1) is 11.3 Å². The Balaban J connectivity index is 1.79. The van der Waals surface area contributed by atoms with Crippen molar-refractivity contribution in [3.63, 3.8) is 0 Å². The van der Waals surface area contributed by atoms with Crippen molar-refractivity contribution < 1.29 is 0 Å². The summed E-state index contributed by atoms with van der Waals surface area (Å²) >= 11 is 1.69. The van der Waals surface area contributed by atoms with Crippen LogP contribution >= 0.6 is 11.3 Å². The first kappa shape index (κ1) is 11.9. The predicted octanol–water partition coefficient (Wildman–Crippen LogP) is 3.19. The number of rotatable bonds is 3. The average Bonchev–Trinajstić information content (AvgIpc) is 2.82. The third-order valence-corrected chi connectivity index (χ3v) is 3.74. The molecule has 5 heteroatoms. The smallest absolute Gasteiger partial charge is 0.126 e. The van der Waals surface area contributed by atoms with Gasteiger partial charge in [0.1, 0.15) is 5.82 Å². The number of nitrogens with two attached hydrogens (primary N) is 1. The summed E-state index contributed by atoms with van der Waals surface area (Å²) in [6.07, 6.45) is 1.90. The molecule has 0 amide bonds. The summed E-state index contributed by atoms with van der Waals surface area (Å²) in [5.41, 5.74) is 7.45. The summed E-state index contributed by atoms with van der Waals surface area (Å²) in [6.45, 7) is 2.76. The van der Waals surface area contributed by atoms with E-state index in [1.807, 2.05) is 43.5 Å². The number of hydrogen-bond acceptors (Lipinski definition) is 5. The Labute approximate surface area is 115 Å². The molecule has 0 saturated heterocycles. The Kier molecular flexibility index (Phi) is 3.05. The molecule has 0 saturated carbocycles. The molecule has 0 unspecified atom stereocenters. The number of benzene rings is 1. The van der Waals surface area contributed by atoms with E-state index >= 15 is 0 Å². The van der Waals surface area contributed by atoms with Crippen LogP contribution in [0.15, 0.2) is 36.5 Å². The van der Waals surface area contributed by atoms with Gasteiger partial charge in [-0.1, -0.05) is 0 Å². The minimum atomic E-state index is 0.749. The molecule has 2 aromatic heterocycles. The molecule has 3 rings (SSSR count). The molecular formula is C14H14N4S. The molecule has 0 atom stereocenters. The summed E-state index contributed by atoms with van der Waals surface area (Å²) in [5, 5.41) is 5.45. The summed E-state index contributed by atoms with van der Waals surface area (Å²) in [4.78, 5) is 9.99. The van der Waals surface area contributed by atoms with E-state index in [4.69, 9.17) is 5.73 Å². The van der Waals surface area contributed by atoms with Gasteiger partial charge in [0.25, 0.3) is 0 Å². The summed E-state index contributed by atoms with van der Waals surface area (Å²) in [7, 11) is 0. The van der Waals surface area contributed by atoms with E-state index in [1.54, 1.807) is 11.3 Å². The zero-order valence-corrected chi connectivity index (χ0v) is 11.4. The molecule has 2 heterocycles. The number of nitrogens with zero attached hydrogens (tertiary/aromatic N) is 2. The predicted molar refractivity (Wildman–Crippen MR) is 80.3 cm³/mol. The van der Waals surface area contributed by atoms with Gasteiger partial charge in [-0.3, -0.25) is 0 Å². The molecule has 4 nitrogen and oxygen atoms in total. The second-order valence-corrected chi connectivity index (χ2v) is 5.67. The van der Waals surface area contributed by atoms with E-state index in [-0.39, 0.29) is 0 Å². The Bertz CT molecular complexity index is 720. The van der Waals surface area contributed by atoms with Crippen molar-refractivity contribution in [1.29, 1.82) is 0 Å². The van der Waals surface area contributed by atoms with Crippen LogP contribution in [-0.4, -0.2) is 9.97 Å². The monoisotopic (exact) mass is 270 g/mol. The van der Waals surface area contributed by atoms with Crippen LogP contribution < -0.4 is 11.1 Å². The van der Waals surface area contributed by atoms with Crippen LogP contribution in [0.25, 0.3) is 10.9 Å². The van der Waals surface area contributed by atoms with Crippen molar-refractivity contribution in [2.75, 3.05) is 11.1 Å². The lowest BCUT2D eigenvalue weighted by molar-refractivity contribution is 1.14. The van der Waals surface area contributed by atoms with E-state index in [1.165, 1.54) is 4.88 Å². The molecule has 0 aliphatic rings. The summed E-state index contributed by atoms with van der Waals surface area (Å²) < 4.78 is 0. The summed E-state index contributed by atoms with van der Waals surface area (Å²) in [6, 6.07) is 9.73. The molecule has 0 aliphatic heterocycles. The first-order valence-corrected chi connectivity index (χ1v) is 6.84. The van der Waals surface area contributed by atoms with Crippen molar-refractivity contribution in [1.82, 2.24) is 9.97 Å². The molecule has 0 aliphatic carbocycles. The fourth-order valence-electron chi connectivity index (χ4n) is 1.91. The van der Waals surface area contributed by atoms with Gasteiger partial charge in [-0.2, -0.15) is 0 Å². The molecule has 96 valence electrons. The minimum absolute atomic E-state index is 0.749. The molecule has 3 N–H and O–H groups in total. The first-order valence-electron chi connectivity index (χ1n) is 6.02. The van der Waals surface area contributed by atoms with E-state index in [0.29, 0.717) is 0 Å². The van der Waals surface area contributed by atoms with Crippen LogP contribution in [0.3, 0.4) is 0 Å². The van der Waals surface area contributed by atoms with Gasteiger partial charge in [0.05, 0.1) is 17.1 Å². The Hall–Kier alpha value is -2.14. The Morgan fingerprint density at radius 3 is 2.95 bits per heavy atom. The zero-order chi connectivity index (χ0) is 13.2. The van der Waals surface area contributed by atoms with Gasteiger partial charge >= 0.3 is 0 Å². The van der Waals surface area contributed by atoms with Crippen LogP contribution in [0.5, 0.6) is 0 Å². The number of nitrogens with one attached hydrogen (secondary N) is 1. The Morgan fingerprint density at radius 2 is 2.16 bits per heavy atom. The van der Waals surface area contributed by atoms with Gasteiger partial charge in [0.2, 0.25) is 0 Å². The van der Waals surface area contributed by atoms with Crippen molar-refractivity contribution in [3.8, 4) is 0 Å². The highest BCUT2D eigenvalue weighted by Gasteiger charge is 2.01. The van der Waals surface area contributed by atoms with E-state index in [0.717, 1.165) is 34.0 Å². The third kappa shape index (κ3) is 2.66. The normalized spacial score (nSPS) is 10.8. The lowest BCUT2D eigenvalue weighted by Crippen LogP contribution is -1.99. The molecule has 0 spiro atoms. The maximum absolute atomic E-state index is 5.75. The maximum atomic E-state index is 5.75. The number of anilines is 2. The summed E-state index contributed by atoms with van der Waals surface area (Å²) in [5.74, 6) is 0.864. The lowest BCUT2D eigenvalue weighted by Gasteiger charge is -2.05. The molecule has 0 fully saturated rings. The molecular weight excluding hydrogens is 256 g/mol. The van der Waals surface area contributed by atoms with Gasteiger partial charge in [0.15, 0.2) is 0 Å². The third-order valence-electron chi connectivity index (χ3n) is 2.83. The average molecular weight is 270 g/mol.